The van der Waals surface area contributed by atoms with E-state index in [9.17, 15) is 0 Å². The first-order valence-electron chi connectivity index (χ1n) is 5.49. The molecule has 0 bridgehead atoms. The lowest BCUT2D eigenvalue weighted by Crippen LogP contribution is -3.14. The largest absolute Gasteiger partial charge is 0.370 e. The van der Waals surface area contributed by atoms with Crippen LogP contribution in [0.2, 0.25) is 5.15 Å². The molecule has 1 fully saturated rings. The van der Waals surface area contributed by atoms with Crippen LogP contribution in [0.5, 0.6) is 0 Å². The van der Waals surface area contributed by atoms with Gasteiger partial charge in [-0.25, -0.2) is 0 Å². The van der Waals surface area contributed by atoms with Crippen LogP contribution in [0.25, 0.3) is 0 Å². The molecule has 1 aromatic heterocycles. The fourth-order valence-corrected chi connectivity index (χ4v) is 1.79. The number of rotatable bonds is 4. The van der Waals surface area contributed by atoms with Gasteiger partial charge in [0.15, 0.2) is 5.15 Å². The highest BCUT2D eigenvalue weighted by Gasteiger charge is 2.12. The summed E-state index contributed by atoms with van der Waals surface area (Å²) in [5.41, 5.74) is 0. The van der Waals surface area contributed by atoms with E-state index in [2.05, 4.69) is 15.5 Å². The van der Waals surface area contributed by atoms with Gasteiger partial charge >= 0.3 is 0 Å². The highest BCUT2D eigenvalue weighted by atomic mass is 35.5. The van der Waals surface area contributed by atoms with Crippen LogP contribution < -0.4 is 10.2 Å². The van der Waals surface area contributed by atoms with Crippen LogP contribution in [-0.4, -0.2) is 49.6 Å². The molecule has 1 aromatic rings. The van der Waals surface area contributed by atoms with E-state index in [1.165, 1.54) is 0 Å². The highest BCUT2D eigenvalue weighted by molar-refractivity contribution is 6.29. The van der Waals surface area contributed by atoms with Crippen LogP contribution in [0.15, 0.2) is 12.1 Å². The van der Waals surface area contributed by atoms with Gasteiger partial charge in [0.1, 0.15) is 18.9 Å². The van der Waals surface area contributed by atoms with Crippen LogP contribution in [0.3, 0.4) is 0 Å². The maximum absolute atomic E-state index is 5.65. The lowest BCUT2D eigenvalue weighted by atomic mass is 10.4. The molecule has 0 aromatic carbocycles. The Morgan fingerprint density at radius 2 is 2.12 bits per heavy atom. The number of quaternary nitrogens is 1. The summed E-state index contributed by atoms with van der Waals surface area (Å²) in [6.45, 7) is 5.90. The molecule has 0 unspecified atom stereocenters. The summed E-state index contributed by atoms with van der Waals surface area (Å²) in [5, 5.41) is 11.4. The van der Waals surface area contributed by atoms with Gasteiger partial charge in [0.2, 0.25) is 0 Å². The Morgan fingerprint density at radius 1 is 1.31 bits per heavy atom. The molecule has 1 aliphatic rings. The molecule has 0 saturated carbocycles. The van der Waals surface area contributed by atoms with Crippen LogP contribution >= 0.6 is 11.6 Å². The molecule has 1 saturated heterocycles. The van der Waals surface area contributed by atoms with E-state index in [1.807, 2.05) is 6.07 Å². The van der Waals surface area contributed by atoms with Crippen molar-refractivity contribution < 1.29 is 9.64 Å². The van der Waals surface area contributed by atoms with E-state index in [-0.39, 0.29) is 0 Å². The third-order valence-corrected chi connectivity index (χ3v) is 2.82. The molecule has 0 aliphatic carbocycles. The number of hydrogen-bond donors (Lipinski definition) is 2. The Labute approximate surface area is 99.7 Å². The summed E-state index contributed by atoms with van der Waals surface area (Å²) in [7, 11) is 0. The van der Waals surface area contributed by atoms with Gasteiger partial charge in [0.05, 0.1) is 26.3 Å². The van der Waals surface area contributed by atoms with Gasteiger partial charge in [-0.3, -0.25) is 0 Å². The number of halogens is 1. The Kier molecular flexibility index (Phi) is 4.33. The van der Waals surface area contributed by atoms with Crippen molar-refractivity contribution >= 4 is 17.4 Å². The molecule has 16 heavy (non-hydrogen) atoms. The van der Waals surface area contributed by atoms with Gasteiger partial charge < -0.3 is 15.0 Å². The Balaban J connectivity index is 1.69. The molecule has 2 rings (SSSR count). The number of aromatic nitrogens is 2. The summed E-state index contributed by atoms with van der Waals surface area (Å²) >= 11 is 5.65. The van der Waals surface area contributed by atoms with Crippen molar-refractivity contribution in [1.82, 2.24) is 10.2 Å². The predicted molar refractivity (Wildman–Crippen MR) is 61.9 cm³/mol. The minimum Gasteiger partial charge on any atom is -0.370 e. The van der Waals surface area contributed by atoms with Gasteiger partial charge in [-0.2, -0.15) is 0 Å². The van der Waals surface area contributed by atoms with E-state index in [0.29, 0.717) is 5.15 Å². The number of morpholine rings is 1. The van der Waals surface area contributed by atoms with E-state index in [1.54, 1.807) is 11.0 Å². The minimum absolute atomic E-state index is 0.421. The molecular formula is C10H16ClN4O+. The molecule has 0 atom stereocenters. The number of hydrogen-bond acceptors (Lipinski definition) is 4. The van der Waals surface area contributed by atoms with Crippen molar-refractivity contribution in [2.45, 2.75) is 0 Å². The lowest BCUT2D eigenvalue weighted by molar-refractivity contribution is -0.906. The molecule has 5 nitrogen and oxygen atoms in total. The summed E-state index contributed by atoms with van der Waals surface area (Å²) < 4.78 is 5.30. The first-order chi connectivity index (χ1) is 7.84. The fourth-order valence-electron chi connectivity index (χ4n) is 1.69. The molecular weight excluding hydrogens is 228 g/mol. The smallest absolute Gasteiger partial charge is 0.151 e. The average Bonchev–Trinajstić information content (AvgIpc) is 2.33. The summed E-state index contributed by atoms with van der Waals surface area (Å²) in [6, 6.07) is 3.57. The number of anilines is 1. The second-order valence-electron chi connectivity index (χ2n) is 3.78. The second-order valence-corrected chi connectivity index (χ2v) is 4.17. The third kappa shape index (κ3) is 3.59. The normalized spacial score (nSPS) is 17.3. The third-order valence-electron chi connectivity index (χ3n) is 2.62. The Bertz CT molecular complexity index is 313. The second kappa shape index (κ2) is 5.98. The zero-order valence-electron chi connectivity index (χ0n) is 9.08. The minimum atomic E-state index is 0.421. The quantitative estimate of drug-likeness (QED) is 0.746. The molecule has 0 radical (unpaired) electrons. The first-order valence-corrected chi connectivity index (χ1v) is 5.87. The fraction of sp³-hybridized carbons (Fsp3) is 0.600. The van der Waals surface area contributed by atoms with Gasteiger partial charge in [-0.1, -0.05) is 11.6 Å². The van der Waals surface area contributed by atoms with Crippen molar-refractivity contribution in [2.24, 2.45) is 0 Å². The Morgan fingerprint density at radius 3 is 2.81 bits per heavy atom. The topological polar surface area (TPSA) is 51.5 Å². The standard InChI is InChI=1S/C10H15ClN4O/c11-9-1-2-10(14-13-9)12-3-4-15-5-7-16-8-6-15/h1-2H,3-8H2,(H,12,14)/p+1. The van der Waals surface area contributed by atoms with Crippen molar-refractivity contribution in [2.75, 3.05) is 44.7 Å². The summed E-state index contributed by atoms with van der Waals surface area (Å²) in [6.07, 6.45) is 0. The van der Waals surface area contributed by atoms with E-state index >= 15 is 0 Å². The summed E-state index contributed by atoms with van der Waals surface area (Å²) in [4.78, 5) is 1.57. The molecule has 6 heteroatoms. The van der Waals surface area contributed by atoms with Gasteiger partial charge in [-0.15, -0.1) is 10.2 Å². The van der Waals surface area contributed by atoms with Crippen molar-refractivity contribution in [3.05, 3.63) is 17.3 Å². The monoisotopic (exact) mass is 243 g/mol. The van der Waals surface area contributed by atoms with E-state index in [0.717, 1.165) is 45.2 Å². The summed E-state index contributed by atoms with van der Waals surface area (Å²) in [5.74, 6) is 0.775. The predicted octanol–water partition coefficient (Wildman–Crippen LogP) is -0.543. The van der Waals surface area contributed by atoms with Crippen LogP contribution in [0.4, 0.5) is 5.82 Å². The molecule has 0 spiro atoms. The van der Waals surface area contributed by atoms with Crippen molar-refractivity contribution in [3.8, 4) is 0 Å². The van der Waals surface area contributed by atoms with Crippen molar-refractivity contribution in [1.29, 1.82) is 0 Å². The molecule has 88 valence electrons. The average molecular weight is 244 g/mol. The number of nitrogens with zero attached hydrogens (tertiary/aromatic N) is 2. The first kappa shape index (κ1) is 11.6. The lowest BCUT2D eigenvalue weighted by Gasteiger charge is -2.23. The van der Waals surface area contributed by atoms with Crippen LogP contribution in [0.1, 0.15) is 0 Å². The van der Waals surface area contributed by atoms with Gasteiger partial charge in [-0.05, 0) is 12.1 Å². The maximum Gasteiger partial charge on any atom is 0.151 e. The van der Waals surface area contributed by atoms with E-state index in [4.69, 9.17) is 16.3 Å². The highest BCUT2D eigenvalue weighted by Crippen LogP contribution is 2.04. The molecule has 0 amide bonds. The number of ether oxygens (including phenoxy) is 1. The maximum atomic E-state index is 5.65. The molecule has 2 N–H and O–H groups in total. The molecule has 1 aliphatic heterocycles. The van der Waals surface area contributed by atoms with Gasteiger partial charge in [0, 0.05) is 0 Å². The van der Waals surface area contributed by atoms with Crippen LogP contribution in [0, 0.1) is 0 Å². The number of nitrogens with one attached hydrogen (secondary N) is 2. The SMILES string of the molecule is Clc1ccc(NCC[NH+]2CCOCC2)nn1. The van der Waals surface area contributed by atoms with Crippen molar-refractivity contribution in [3.63, 3.8) is 0 Å². The van der Waals surface area contributed by atoms with Crippen LogP contribution in [-0.2, 0) is 4.74 Å². The van der Waals surface area contributed by atoms with E-state index < -0.39 is 0 Å². The van der Waals surface area contributed by atoms with Gasteiger partial charge in [0.25, 0.3) is 0 Å². The Hall–Kier alpha value is -0.910. The zero-order chi connectivity index (χ0) is 11.2. The zero-order valence-corrected chi connectivity index (χ0v) is 9.83. The molecule has 2 heterocycles.